The van der Waals surface area contributed by atoms with E-state index < -0.39 is 18.2 Å². The van der Waals surface area contributed by atoms with Gasteiger partial charge in [0.25, 0.3) is 0 Å². The van der Waals surface area contributed by atoms with Gasteiger partial charge in [0.1, 0.15) is 0 Å². The number of hydrogen-bond donors (Lipinski definition) is 4. The first-order valence-electron chi connectivity index (χ1n) is 8.93. The average molecular weight is 330 g/mol. The molecular formula is C18H34O5. The van der Waals surface area contributed by atoms with E-state index in [-0.39, 0.29) is 13.0 Å². The molecule has 0 aromatic carbocycles. The molecule has 0 aliphatic carbocycles. The Morgan fingerprint density at radius 1 is 0.739 bits per heavy atom. The predicted molar refractivity (Wildman–Crippen MR) is 91.3 cm³/mol. The summed E-state index contributed by atoms with van der Waals surface area (Å²) in [6.07, 6.45) is 12.2. The van der Waals surface area contributed by atoms with Crippen LogP contribution >= 0.6 is 0 Å². The van der Waals surface area contributed by atoms with Crippen LogP contribution in [-0.2, 0) is 4.79 Å². The van der Waals surface area contributed by atoms with Crippen molar-refractivity contribution in [2.75, 3.05) is 6.61 Å². The molecule has 0 heterocycles. The highest BCUT2D eigenvalue weighted by Gasteiger charge is 2.03. The third kappa shape index (κ3) is 17.3. The Labute approximate surface area is 140 Å². The summed E-state index contributed by atoms with van der Waals surface area (Å²) in [4.78, 5) is 10.3. The van der Waals surface area contributed by atoms with Crippen LogP contribution in [0.1, 0.15) is 77.0 Å². The van der Waals surface area contributed by atoms with Gasteiger partial charge in [0.2, 0.25) is 0 Å². The van der Waals surface area contributed by atoms with E-state index in [1.165, 1.54) is 0 Å². The Hall–Kier alpha value is -0.910. The molecule has 0 aromatic rings. The highest BCUT2D eigenvalue weighted by Crippen LogP contribution is 2.11. The van der Waals surface area contributed by atoms with E-state index in [0.29, 0.717) is 12.8 Å². The van der Waals surface area contributed by atoms with Crippen molar-refractivity contribution in [2.24, 2.45) is 0 Å². The van der Waals surface area contributed by atoms with Crippen LogP contribution in [0.15, 0.2) is 12.2 Å². The van der Waals surface area contributed by atoms with Gasteiger partial charge in [0, 0.05) is 13.0 Å². The van der Waals surface area contributed by atoms with E-state index >= 15 is 0 Å². The molecule has 0 saturated heterocycles. The fraction of sp³-hybridized carbons (Fsp3) is 0.833. The number of carboxylic acids is 1. The summed E-state index contributed by atoms with van der Waals surface area (Å²) >= 11 is 0. The molecule has 0 fully saturated rings. The maximum atomic E-state index is 10.3. The molecule has 0 radical (unpaired) electrons. The summed E-state index contributed by atoms with van der Waals surface area (Å²) in [6.45, 7) is 0.230. The number of carbonyl (C=O) groups is 1. The Morgan fingerprint density at radius 2 is 1.17 bits per heavy atom. The molecule has 5 heteroatoms. The maximum Gasteiger partial charge on any atom is 0.303 e. The minimum Gasteiger partial charge on any atom is -0.481 e. The number of unbranched alkanes of at least 4 members (excludes halogenated alkanes) is 7. The second-order valence-electron chi connectivity index (χ2n) is 6.15. The van der Waals surface area contributed by atoms with E-state index in [9.17, 15) is 15.0 Å². The largest absolute Gasteiger partial charge is 0.481 e. The van der Waals surface area contributed by atoms with Crippen LogP contribution in [0.3, 0.4) is 0 Å². The molecule has 0 amide bonds. The first kappa shape index (κ1) is 22.1. The van der Waals surface area contributed by atoms with Gasteiger partial charge in [0.05, 0.1) is 12.2 Å². The molecule has 0 bridgehead atoms. The zero-order chi connectivity index (χ0) is 17.3. The molecular weight excluding hydrogens is 296 g/mol. The van der Waals surface area contributed by atoms with Crippen LogP contribution in [-0.4, -0.2) is 45.2 Å². The Kier molecular flexibility index (Phi) is 15.3. The van der Waals surface area contributed by atoms with Gasteiger partial charge < -0.3 is 20.4 Å². The van der Waals surface area contributed by atoms with Crippen LogP contribution in [0, 0.1) is 0 Å². The molecule has 0 saturated carbocycles. The van der Waals surface area contributed by atoms with E-state index in [0.717, 1.165) is 57.8 Å². The lowest BCUT2D eigenvalue weighted by molar-refractivity contribution is -0.137. The van der Waals surface area contributed by atoms with E-state index in [1.54, 1.807) is 12.2 Å². The lowest BCUT2D eigenvalue weighted by Crippen LogP contribution is -2.06. The third-order valence-corrected chi connectivity index (χ3v) is 3.85. The summed E-state index contributed by atoms with van der Waals surface area (Å²) < 4.78 is 0. The van der Waals surface area contributed by atoms with Crippen molar-refractivity contribution >= 4 is 5.97 Å². The van der Waals surface area contributed by atoms with E-state index in [2.05, 4.69) is 0 Å². The van der Waals surface area contributed by atoms with Gasteiger partial charge in [-0.25, -0.2) is 0 Å². The van der Waals surface area contributed by atoms with Crippen LogP contribution in [0.5, 0.6) is 0 Å². The highest BCUT2D eigenvalue weighted by molar-refractivity contribution is 5.66. The molecule has 4 N–H and O–H groups in total. The predicted octanol–water partition coefficient (Wildman–Crippen LogP) is 3.02. The smallest absolute Gasteiger partial charge is 0.303 e. The first-order chi connectivity index (χ1) is 11.1. The lowest BCUT2D eigenvalue weighted by Gasteiger charge is -2.08. The fourth-order valence-electron chi connectivity index (χ4n) is 2.43. The SMILES string of the molecule is O=C(O)CCCCCCCC(O)C=CC(O)CCCCCCO. The zero-order valence-electron chi connectivity index (χ0n) is 14.2. The van der Waals surface area contributed by atoms with Gasteiger partial charge in [-0.15, -0.1) is 0 Å². The van der Waals surface area contributed by atoms with Crippen molar-refractivity contribution in [2.45, 2.75) is 89.3 Å². The number of rotatable bonds is 16. The van der Waals surface area contributed by atoms with Gasteiger partial charge in [-0.1, -0.05) is 57.1 Å². The van der Waals surface area contributed by atoms with Crippen LogP contribution in [0.2, 0.25) is 0 Å². The van der Waals surface area contributed by atoms with E-state index in [4.69, 9.17) is 10.2 Å². The van der Waals surface area contributed by atoms with Gasteiger partial charge in [0.15, 0.2) is 0 Å². The van der Waals surface area contributed by atoms with Gasteiger partial charge in [-0.2, -0.15) is 0 Å². The third-order valence-electron chi connectivity index (χ3n) is 3.85. The molecule has 2 atom stereocenters. The van der Waals surface area contributed by atoms with Crippen molar-refractivity contribution in [1.82, 2.24) is 0 Å². The zero-order valence-corrected chi connectivity index (χ0v) is 14.2. The second kappa shape index (κ2) is 16.0. The minimum absolute atomic E-state index is 0.230. The van der Waals surface area contributed by atoms with Crippen molar-refractivity contribution in [3.63, 3.8) is 0 Å². The van der Waals surface area contributed by atoms with Crippen LogP contribution in [0.25, 0.3) is 0 Å². The summed E-state index contributed by atoms with van der Waals surface area (Å²) in [5, 5.41) is 36.8. The molecule has 136 valence electrons. The van der Waals surface area contributed by atoms with E-state index in [1.807, 2.05) is 0 Å². The molecule has 0 rings (SSSR count). The summed E-state index contributed by atoms with van der Waals surface area (Å²) in [7, 11) is 0. The first-order valence-corrected chi connectivity index (χ1v) is 8.93. The Balaban J connectivity index is 3.49. The van der Waals surface area contributed by atoms with Crippen molar-refractivity contribution < 1.29 is 25.2 Å². The molecule has 0 spiro atoms. The van der Waals surface area contributed by atoms with Gasteiger partial charge in [-0.05, 0) is 25.7 Å². The summed E-state index contributed by atoms with van der Waals surface area (Å²) in [5.41, 5.74) is 0. The Morgan fingerprint density at radius 3 is 1.65 bits per heavy atom. The summed E-state index contributed by atoms with van der Waals surface area (Å²) in [5.74, 6) is -0.738. The molecule has 5 nitrogen and oxygen atoms in total. The molecule has 2 unspecified atom stereocenters. The number of aliphatic hydroxyl groups excluding tert-OH is 3. The molecule has 0 aromatic heterocycles. The molecule has 23 heavy (non-hydrogen) atoms. The monoisotopic (exact) mass is 330 g/mol. The van der Waals surface area contributed by atoms with Crippen LogP contribution in [0.4, 0.5) is 0 Å². The number of hydrogen-bond acceptors (Lipinski definition) is 4. The Bertz CT molecular complexity index is 304. The fourth-order valence-corrected chi connectivity index (χ4v) is 2.43. The highest BCUT2D eigenvalue weighted by atomic mass is 16.4. The molecule has 0 aliphatic heterocycles. The second-order valence-corrected chi connectivity index (χ2v) is 6.15. The number of aliphatic hydroxyl groups is 3. The van der Waals surface area contributed by atoms with Crippen molar-refractivity contribution in [3.8, 4) is 0 Å². The average Bonchev–Trinajstić information content (AvgIpc) is 2.51. The van der Waals surface area contributed by atoms with Crippen molar-refractivity contribution in [1.29, 1.82) is 0 Å². The number of carboxylic acid groups (broad SMARTS) is 1. The van der Waals surface area contributed by atoms with Crippen LogP contribution < -0.4 is 0 Å². The minimum atomic E-state index is -0.738. The van der Waals surface area contributed by atoms with Gasteiger partial charge >= 0.3 is 5.97 Å². The normalized spacial score (nSPS) is 14.2. The number of aliphatic carboxylic acids is 1. The van der Waals surface area contributed by atoms with Gasteiger partial charge in [-0.3, -0.25) is 4.79 Å². The standard InChI is InChI=1S/C18H34O5/c19-15-9-5-4-7-11-17(21)14-13-16(20)10-6-2-1-3-8-12-18(22)23/h13-14,16-17,19-21H,1-12,15H2,(H,22,23). The topological polar surface area (TPSA) is 98.0 Å². The van der Waals surface area contributed by atoms with Crippen molar-refractivity contribution in [3.05, 3.63) is 12.2 Å². The maximum absolute atomic E-state index is 10.3. The lowest BCUT2D eigenvalue weighted by atomic mass is 10.1. The quantitative estimate of drug-likeness (QED) is 0.258. The molecule has 0 aliphatic rings. The summed E-state index contributed by atoms with van der Waals surface area (Å²) in [6, 6.07) is 0.